The molecular weight excluding hydrogens is 307 g/mol. The zero-order valence-corrected chi connectivity index (χ0v) is 13.2. The molecule has 122 valence electrons. The van der Waals surface area contributed by atoms with Crippen LogP contribution in [0.25, 0.3) is 11.4 Å². The Hall–Kier alpha value is -3.02. The molecule has 1 aromatic heterocycles. The van der Waals surface area contributed by atoms with Crippen LogP contribution in [0.1, 0.15) is 12.0 Å². The number of hydrogen-bond donors (Lipinski definition) is 1. The van der Waals surface area contributed by atoms with Gasteiger partial charge in [0.15, 0.2) is 5.82 Å². The smallest absolute Gasteiger partial charge is 0.224 e. The van der Waals surface area contributed by atoms with Crippen molar-refractivity contribution in [1.82, 2.24) is 14.8 Å². The van der Waals surface area contributed by atoms with Crippen LogP contribution in [0.3, 0.4) is 0 Å². The van der Waals surface area contributed by atoms with E-state index in [0.717, 1.165) is 11.4 Å². The van der Waals surface area contributed by atoms with Crippen LogP contribution in [0.4, 0.5) is 10.1 Å². The summed E-state index contributed by atoms with van der Waals surface area (Å²) in [5, 5.41) is 10.7. The van der Waals surface area contributed by atoms with Crippen molar-refractivity contribution in [2.24, 2.45) is 7.05 Å². The highest BCUT2D eigenvalue weighted by Gasteiger charge is 2.08. The first-order valence-electron chi connectivity index (χ1n) is 7.61. The van der Waals surface area contributed by atoms with Gasteiger partial charge in [0.2, 0.25) is 5.91 Å². The van der Waals surface area contributed by atoms with E-state index in [1.807, 2.05) is 25.2 Å². The molecule has 0 saturated heterocycles. The number of nitrogens with one attached hydrogen (secondary N) is 1. The zero-order valence-electron chi connectivity index (χ0n) is 13.2. The molecule has 0 aliphatic carbocycles. The molecule has 1 amide bonds. The molecule has 2 aromatic carbocycles. The molecule has 0 aliphatic heterocycles. The van der Waals surface area contributed by atoms with Crippen molar-refractivity contribution < 1.29 is 9.18 Å². The summed E-state index contributed by atoms with van der Waals surface area (Å²) in [4.78, 5) is 12.1. The number of halogens is 1. The van der Waals surface area contributed by atoms with Gasteiger partial charge in [-0.25, -0.2) is 4.39 Å². The lowest BCUT2D eigenvalue weighted by molar-refractivity contribution is -0.116. The molecule has 6 heteroatoms. The first-order valence-corrected chi connectivity index (χ1v) is 7.61. The summed E-state index contributed by atoms with van der Waals surface area (Å²) in [5.41, 5.74) is 2.08. The van der Waals surface area contributed by atoms with Gasteiger partial charge in [0.25, 0.3) is 0 Å². The number of benzene rings is 2. The number of aromatic nitrogens is 3. The fraction of sp³-hybridized carbons (Fsp3) is 0.167. The lowest BCUT2D eigenvalue weighted by atomic mass is 10.1. The lowest BCUT2D eigenvalue weighted by Gasteiger charge is -2.08. The summed E-state index contributed by atoms with van der Waals surface area (Å²) in [7, 11) is 1.86. The molecule has 24 heavy (non-hydrogen) atoms. The molecule has 3 aromatic rings. The zero-order chi connectivity index (χ0) is 16.9. The third-order valence-corrected chi connectivity index (χ3v) is 3.70. The lowest BCUT2D eigenvalue weighted by Crippen LogP contribution is -2.12. The molecular formula is C18H17FN4O. The average molecular weight is 324 g/mol. The Balaban J connectivity index is 1.65. The second kappa shape index (κ2) is 7.04. The summed E-state index contributed by atoms with van der Waals surface area (Å²) in [6.07, 6.45) is 2.20. The Bertz CT molecular complexity index is 859. The van der Waals surface area contributed by atoms with Crippen molar-refractivity contribution in [2.75, 3.05) is 5.32 Å². The first-order chi connectivity index (χ1) is 11.6. The van der Waals surface area contributed by atoms with E-state index in [4.69, 9.17) is 0 Å². The largest absolute Gasteiger partial charge is 0.326 e. The van der Waals surface area contributed by atoms with Crippen molar-refractivity contribution in [2.45, 2.75) is 12.8 Å². The number of aryl methyl sites for hydroxylation is 2. The minimum atomic E-state index is -0.283. The highest BCUT2D eigenvalue weighted by Crippen LogP contribution is 2.20. The number of hydrogen-bond acceptors (Lipinski definition) is 3. The van der Waals surface area contributed by atoms with Gasteiger partial charge >= 0.3 is 0 Å². The highest BCUT2D eigenvalue weighted by atomic mass is 19.1. The third kappa shape index (κ3) is 3.65. The molecule has 0 spiro atoms. The monoisotopic (exact) mass is 324 g/mol. The topological polar surface area (TPSA) is 59.8 Å². The predicted octanol–water partition coefficient (Wildman–Crippen LogP) is 3.19. The predicted molar refractivity (Wildman–Crippen MR) is 89.8 cm³/mol. The first kappa shape index (κ1) is 15.9. The standard InChI is InChI=1S/C18H17FN4O/c1-23-12-20-22-18(23)14-6-4-7-15(11-14)21-17(24)10-9-13-5-2-3-8-16(13)19/h2-8,11-12H,9-10H2,1H3,(H,21,24). The van der Waals surface area contributed by atoms with Crippen molar-refractivity contribution in [1.29, 1.82) is 0 Å². The van der Waals surface area contributed by atoms with Gasteiger partial charge < -0.3 is 9.88 Å². The van der Waals surface area contributed by atoms with Crippen LogP contribution >= 0.6 is 0 Å². The van der Waals surface area contributed by atoms with Crippen LogP contribution in [0.2, 0.25) is 0 Å². The molecule has 0 saturated carbocycles. The molecule has 0 fully saturated rings. The second-order valence-electron chi connectivity index (χ2n) is 5.49. The molecule has 1 heterocycles. The fourth-order valence-corrected chi connectivity index (χ4v) is 2.45. The Labute approximate surface area is 139 Å². The van der Waals surface area contributed by atoms with Crippen molar-refractivity contribution in [3.63, 3.8) is 0 Å². The number of carbonyl (C=O) groups is 1. The van der Waals surface area contributed by atoms with Crippen molar-refractivity contribution in [3.05, 3.63) is 66.2 Å². The SMILES string of the molecule is Cn1cnnc1-c1cccc(NC(=O)CCc2ccccc2F)c1. The summed E-state index contributed by atoms with van der Waals surface area (Å²) in [5.74, 6) is 0.278. The Kier molecular flexibility index (Phi) is 4.65. The van der Waals surface area contributed by atoms with Crippen LogP contribution in [0, 0.1) is 5.82 Å². The minimum absolute atomic E-state index is 0.159. The van der Waals surface area contributed by atoms with Crippen molar-refractivity contribution in [3.8, 4) is 11.4 Å². The highest BCUT2D eigenvalue weighted by molar-refractivity contribution is 5.91. The van der Waals surface area contributed by atoms with E-state index in [1.54, 1.807) is 35.2 Å². The van der Waals surface area contributed by atoms with Crippen molar-refractivity contribution >= 4 is 11.6 Å². The summed E-state index contributed by atoms with van der Waals surface area (Å²) >= 11 is 0. The second-order valence-corrected chi connectivity index (χ2v) is 5.49. The molecule has 1 N–H and O–H groups in total. The maximum absolute atomic E-state index is 13.6. The van der Waals surface area contributed by atoms with E-state index in [-0.39, 0.29) is 18.1 Å². The van der Waals surface area contributed by atoms with Gasteiger partial charge in [-0.3, -0.25) is 4.79 Å². The van der Waals surface area contributed by atoms with Crippen LogP contribution in [0.5, 0.6) is 0 Å². The van der Waals surface area contributed by atoms with Gasteiger partial charge in [0.05, 0.1) is 0 Å². The Morgan fingerprint density at radius 1 is 1.21 bits per heavy atom. The van der Waals surface area contributed by atoms with Crippen LogP contribution in [-0.4, -0.2) is 20.7 Å². The maximum atomic E-state index is 13.6. The number of anilines is 1. The van der Waals surface area contributed by atoms with Crippen LogP contribution in [0.15, 0.2) is 54.9 Å². The third-order valence-electron chi connectivity index (χ3n) is 3.70. The number of carbonyl (C=O) groups excluding carboxylic acids is 1. The van der Waals surface area contributed by atoms with E-state index in [0.29, 0.717) is 17.7 Å². The number of nitrogens with zero attached hydrogens (tertiary/aromatic N) is 3. The van der Waals surface area contributed by atoms with Crippen LogP contribution < -0.4 is 5.32 Å². The average Bonchev–Trinajstić information content (AvgIpc) is 3.00. The Morgan fingerprint density at radius 2 is 2.04 bits per heavy atom. The maximum Gasteiger partial charge on any atom is 0.224 e. The normalized spacial score (nSPS) is 10.6. The molecule has 0 bridgehead atoms. The fourth-order valence-electron chi connectivity index (χ4n) is 2.45. The molecule has 5 nitrogen and oxygen atoms in total. The van der Waals surface area contributed by atoms with E-state index >= 15 is 0 Å². The Morgan fingerprint density at radius 3 is 2.79 bits per heavy atom. The van der Waals surface area contributed by atoms with E-state index in [9.17, 15) is 9.18 Å². The van der Waals surface area contributed by atoms with E-state index in [2.05, 4.69) is 15.5 Å². The van der Waals surface area contributed by atoms with Gasteiger partial charge in [-0.05, 0) is 30.2 Å². The molecule has 0 aliphatic rings. The van der Waals surface area contributed by atoms with E-state index in [1.165, 1.54) is 6.07 Å². The van der Waals surface area contributed by atoms with Crippen LogP contribution in [-0.2, 0) is 18.3 Å². The number of amides is 1. The molecule has 0 radical (unpaired) electrons. The summed E-state index contributed by atoms with van der Waals surface area (Å²) in [6, 6.07) is 13.9. The molecule has 3 rings (SSSR count). The molecule has 0 atom stereocenters. The quantitative estimate of drug-likeness (QED) is 0.784. The van der Waals surface area contributed by atoms with Gasteiger partial charge in [-0.2, -0.15) is 0 Å². The van der Waals surface area contributed by atoms with Gasteiger partial charge in [0, 0.05) is 24.7 Å². The van der Waals surface area contributed by atoms with Gasteiger partial charge in [-0.1, -0.05) is 30.3 Å². The number of rotatable bonds is 5. The molecule has 0 unspecified atom stereocenters. The minimum Gasteiger partial charge on any atom is -0.326 e. The summed E-state index contributed by atoms with van der Waals surface area (Å²) < 4.78 is 15.4. The van der Waals surface area contributed by atoms with Gasteiger partial charge in [0.1, 0.15) is 12.1 Å². The van der Waals surface area contributed by atoms with E-state index < -0.39 is 0 Å². The summed E-state index contributed by atoms with van der Waals surface area (Å²) in [6.45, 7) is 0. The van der Waals surface area contributed by atoms with Gasteiger partial charge in [-0.15, -0.1) is 10.2 Å².